The lowest BCUT2D eigenvalue weighted by Gasteiger charge is -2.01. The van der Waals surface area contributed by atoms with Crippen molar-refractivity contribution < 1.29 is 9.72 Å². The standard InChI is InChI=1S/C21H19N3O3S/c1-2-4-15-7-10-17(11-8-15)19-14-28-21(22-19)23-20(25)12-9-16-5-3-6-18(13-16)24(26)27/h3,5-14H,2,4H2,1H3,(H,22,23,25)/b12-9+. The first-order chi connectivity index (χ1) is 13.5. The molecule has 0 spiro atoms. The Bertz CT molecular complexity index is 1010. The molecule has 0 saturated carbocycles. The predicted molar refractivity (Wildman–Crippen MR) is 112 cm³/mol. The predicted octanol–water partition coefficient (Wildman–Crippen LogP) is 5.32. The van der Waals surface area contributed by atoms with E-state index in [2.05, 4.69) is 29.4 Å². The number of carbonyl (C=O) groups excluding carboxylic acids is 1. The minimum Gasteiger partial charge on any atom is -0.298 e. The van der Waals surface area contributed by atoms with E-state index >= 15 is 0 Å². The number of hydrogen-bond donors (Lipinski definition) is 1. The number of amides is 1. The molecule has 7 heteroatoms. The fourth-order valence-corrected chi connectivity index (χ4v) is 3.38. The molecule has 0 aliphatic carbocycles. The summed E-state index contributed by atoms with van der Waals surface area (Å²) in [6.07, 6.45) is 5.02. The van der Waals surface area contributed by atoms with Gasteiger partial charge in [-0.25, -0.2) is 4.98 Å². The van der Waals surface area contributed by atoms with Crippen LogP contribution in [0.1, 0.15) is 24.5 Å². The second kappa shape index (κ2) is 9.05. The van der Waals surface area contributed by atoms with Crippen LogP contribution in [0, 0.1) is 10.1 Å². The van der Waals surface area contributed by atoms with E-state index in [1.165, 1.54) is 41.2 Å². The van der Waals surface area contributed by atoms with Gasteiger partial charge < -0.3 is 0 Å². The van der Waals surface area contributed by atoms with Gasteiger partial charge in [0.05, 0.1) is 10.6 Å². The third-order valence-electron chi connectivity index (χ3n) is 4.03. The molecule has 3 aromatic rings. The number of aryl methyl sites for hydroxylation is 1. The molecule has 0 unspecified atom stereocenters. The first-order valence-corrected chi connectivity index (χ1v) is 9.71. The van der Waals surface area contributed by atoms with E-state index in [0.717, 1.165) is 24.1 Å². The molecule has 2 aromatic carbocycles. The van der Waals surface area contributed by atoms with Gasteiger partial charge in [0.25, 0.3) is 5.69 Å². The van der Waals surface area contributed by atoms with Crippen molar-refractivity contribution in [2.24, 2.45) is 0 Å². The van der Waals surface area contributed by atoms with Crippen molar-refractivity contribution >= 4 is 34.1 Å². The number of non-ortho nitro benzene ring substituents is 1. The number of rotatable bonds is 7. The monoisotopic (exact) mass is 393 g/mol. The SMILES string of the molecule is CCCc1ccc(-c2csc(NC(=O)/C=C/c3cccc([N+](=O)[O-])c3)n2)cc1. The number of benzene rings is 2. The molecular weight excluding hydrogens is 374 g/mol. The van der Waals surface area contributed by atoms with E-state index in [-0.39, 0.29) is 11.6 Å². The average molecular weight is 393 g/mol. The number of anilines is 1. The summed E-state index contributed by atoms with van der Waals surface area (Å²) in [5.41, 5.74) is 3.67. The van der Waals surface area contributed by atoms with Crippen molar-refractivity contribution in [1.82, 2.24) is 4.98 Å². The Hall–Kier alpha value is -3.32. The smallest absolute Gasteiger partial charge is 0.270 e. The van der Waals surface area contributed by atoms with Crippen LogP contribution in [-0.4, -0.2) is 15.8 Å². The van der Waals surface area contributed by atoms with E-state index in [9.17, 15) is 14.9 Å². The zero-order valence-electron chi connectivity index (χ0n) is 15.3. The molecule has 1 amide bonds. The molecule has 6 nitrogen and oxygen atoms in total. The van der Waals surface area contributed by atoms with E-state index < -0.39 is 4.92 Å². The molecule has 1 heterocycles. The number of hydrogen-bond acceptors (Lipinski definition) is 5. The highest BCUT2D eigenvalue weighted by Crippen LogP contribution is 2.25. The summed E-state index contributed by atoms with van der Waals surface area (Å²) >= 11 is 1.35. The van der Waals surface area contributed by atoms with Gasteiger partial charge in [0.1, 0.15) is 0 Å². The molecular formula is C21H19N3O3S. The molecule has 28 heavy (non-hydrogen) atoms. The van der Waals surface area contributed by atoms with Crippen LogP contribution in [0.4, 0.5) is 10.8 Å². The van der Waals surface area contributed by atoms with Gasteiger partial charge in [-0.05, 0) is 23.6 Å². The van der Waals surface area contributed by atoms with Gasteiger partial charge >= 0.3 is 0 Å². The minimum atomic E-state index is -0.469. The lowest BCUT2D eigenvalue weighted by Crippen LogP contribution is -2.07. The van der Waals surface area contributed by atoms with Gasteiger partial charge in [0.15, 0.2) is 5.13 Å². The number of nitro benzene ring substituents is 1. The lowest BCUT2D eigenvalue weighted by molar-refractivity contribution is -0.384. The zero-order chi connectivity index (χ0) is 19.9. The van der Waals surface area contributed by atoms with Gasteiger partial charge in [-0.3, -0.25) is 20.2 Å². The quantitative estimate of drug-likeness (QED) is 0.334. The first kappa shape index (κ1) is 19.4. The van der Waals surface area contributed by atoms with Crippen LogP contribution in [0.3, 0.4) is 0 Å². The van der Waals surface area contributed by atoms with Gasteiger partial charge in [-0.2, -0.15) is 0 Å². The summed E-state index contributed by atoms with van der Waals surface area (Å²) in [4.78, 5) is 26.9. The van der Waals surface area contributed by atoms with Crippen LogP contribution in [0.25, 0.3) is 17.3 Å². The van der Waals surface area contributed by atoms with Crippen molar-refractivity contribution in [3.8, 4) is 11.3 Å². The minimum absolute atomic E-state index is 0.0166. The van der Waals surface area contributed by atoms with Crippen LogP contribution in [-0.2, 0) is 11.2 Å². The molecule has 0 bridgehead atoms. The first-order valence-electron chi connectivity index (χ1n) is 8.83. The summed E-state index contributed by atoms with van der Waals surface area (Å²) in [5, 5.41) is 15.9. The highest BCUT2D eigenvalue weighted by molar-refractivity contribution is 7.14. The molecule has 1 N–H and O–H groups in total. The third kappa shape index (κ3) is 5.11. The highest BCUT2D eigenvalue weighted by atomic mass is 32.1. The Morgan fingerprint density at radius 1 is 1.25 bits per heavy atom. The Labute approximate surface area is 166 Å². The lowest BCUT2D eigenvalue weighted by atomic mass is 10.1. The maximum atomic E-state index is 12.1. The molecule has 0 saturated heterocycles. The van der Waals surface area contributed by atoms with E-state index in [0.29, 0.717) is 10.7 Å². The number of aromatic nitrogens is 1. The largest absolute Gasteiger partial charge is 0.298 e. The van der Waals surface area contributed by atoms with Crippen LogP contribution in [0.2, 0.25) is 0 Å². The number of nitrogens with zero attached hydrogens (tertiary/aromatic N) is 2. The molecule has 142 valence electrons. The van der Waals surface area contributed by atoms with Crippen molar-refractivity contribution in [3.63, 3.8) is 0 Å². The molecule has 1 aromatic heterocycles. The summed E-state index contributed by atoms with van der Waals surface area (Å²) in [5.74, 6) is -0.342. The van der Waals surface area contributed by atoms with E-state index in [4.69, 9.17) is 0 Å². The fourth-order valence-electron chi connectivity index (χ4n) is 2.66. The van der Waals surface area contributed by atoms with Crippen LogP contribution < -0.4 is 5.32 Å². The molecule has 0 radical (unpaired) electrons. The molecule has 0 atom stereocenters. The Morgan fingerprint density at radius 2 is 2.04 bits per heavy atom. The zero-order valence-corrected chi connectivity index (χ0v) is 16.1. The van der Waals surface area contributed by atoms with E-state index in [1.54, 1.807) is 12.1 Å². The van der Waals surface area contributed by atoms with Crippen LogP contribution in [0.15, 0.2) is 60.0 Å². The third-order valence-corrected chi connectivity index (χ3v) is 4.79. The van der Waals surface area contributed by atoms with Gasteiger partial charge in [-0.1, -0.05) is 49.7 Å². The highest BCUT2D eigenvalue weighted by Gasteiger charge is 2.07. The summed E-state index contributed by atoms with van der Waals surface area (Å²) in [6, 6.07) is 14.4. The van der Waals surface area contributed by atoms with Crippen molar-refractivity contribution in [3.05, 3.63) is 81.2 Å². The average Bonchev–Trinajstić information content (AvgIpc) is 3.16. The maximum Gasteiger partial charge on any atom is 0.270 e. The summed E-state index contributed by atoms with van der Waals surface area (Å²) in [6.45, 7) is 2.15. The maximum absolute atomic E-state index is 12.1. The van der Waals surface area contributed by atoms with Gasteiger partial charge in [0, 0.05) is 29.2 Å². The summed E-state index contributed by atoms with van der Waals surface area (Å²) < 4.78 is 0. The second-order valence-electron chi connectivity index (χ2n) is 6.16. The normalized spacial score (nSPS) is 10.9. The van der Waals surface area contributed by atoms with Crippen molar-refractivity contribution in [2.45, 2.75) is 19.8 Å². The van der Waals surface area contributed by atoms with E-state index in [1.807, 2.05) is 17.5 Å². The number of nitrogens with one attached hydrogen (secondary N) is 1. The van der Waals surface area contributed by atoms with Crippen LogP contribution in [0.5, 0.6) is 0 Å². The topological polar surface area (TPSA) is 85.1 Å². The number of carbonyl (C=O) groups is 1. The number of thiazole rings is 1. The fraction of sp³-hybridized carbons (Fsp3) is 0.143. The van der Waals surface area contributed by atoms with Gasteiger partial charge in [-0.15, -0.1) is 11.3 Å². The summed E-state index contributed by atoms with van der Waals surface area (Å²) in [7, 11) is 0. The van der Waals surface area contributed by atoms with Crippen molar-refractivity contribution in [2.75, 3.05) is 5.32 Å². The Morgan fingerprint density at radius 3 is 2.75 bits per heavy atom. The van der Waals surface area contributed by atoms with Gasteiger partial charge in [0.2, 0.25) is 5.91 Å². The molecule has 0 aliphatic rings. The van der Waals surface area contributed by atoms with Crippen molar-refractivity contribution in [1.29, 1.82) is 0 Å². The molecule has 3 rings (SSSR count). The second-order valence-corrected chi connectivity index (χ2v) is 7.02. The Balaban J connectivity index is 1.63. The van der Waals surface area contributed by atoms with Crippen LogP contribution >= 0.6 is 11.3 Å². The molecule has 0 aliphatic heterocycles. The molecule has 0 fully saturated rings. The Kier molecular flexibility index (Phi) is 6.29. The number of nitro groups is 1.